The molecule has 0 bridgehead atoms. The van der Waals surface area contributed by atoms with Crippen LogP contribution in [0.15, 0.2) is 241 Å². The molecule has 6 heterocycles. The highest BCUT2D eigenvalue weighted by Crippen LogP contribution is 2.37. The number of aryl methyl sites for hydroxylation is 2. The number of nitrogens with zero attached hydrogens (tertiary/aromatic N) is 9. The van der Waals surface area contributed by atoms with Gasteiger partial charge in [-0.1, -0.05) is 109 Å². The third kappa shape index (κ3) is 15.7. The molecule has 0 radical (unpaired) electrons. The minimum absolute atomic E-state index is 0.0476. The van der Waals surface area contributed by atoms with Crippen LogP contribution >= 0.6 is 11.6 Å². The highest BCUT2D eigenvalue weighted by Gasteiger charge is 2.24. The van der Waals surface area contributed by atoms with E-state index in [0.29, 0.717) is 63.2 Å². The minimum Gasteiger partial charge on any atom is -0.454 e. The van der Waals surface area contributed by atoms with Gasteiger partial charge < -0.3 is 29.8 Å². The third-order valence-corrected chi connectivity index (χ3v) is 17.5. The number of ether oxygens (including phenoxy) is 2. The lowest BCUT2D eigenvalue weighted by atomic mass is 10.0. The van der Waals surface area contributed by atoms with Crippen molar-refractivity contribution in [2.45, 2.75) is 52.2 Å². The average Bonchev–Trinajstić information content (AvgIpc) is 1.64. The minimum atomic E-state index is -0.622. The van der Waals surface area contributed by atoms with Gasteiger partial charge in [0.1, 0.15) is 64.0 Å². The zero-order valence-electron chi connectivity index (χ0n) is 57.9. The van der Waals surface area contributed by atoms with Crippen LogP contribution in [0.5, 0.6) is 0 Å². The van der Waals surface area contributed by atoms with Crippen molar-refractivity contribution in [2.75, 3.05) is 12.8 Å². The molecular weight excluding hydrogens is 1360 g/mol. The lowest BCUT2D eigenvalue weighted by molar-refractivity contribution is 0.0523. The zero-order chi connectivity index (χ0) is 73.6. The number of hydrogen-bond acceptors (Lipinski definition) is 12. The Morgan fingerprint density at radius 2 is 1.02 bits per heavy atom. The van der Waals surface area contributed by atoms with E-state index in [-0.39, 0.29) is 36.5 Å². The first kappa shape index (κ1) is 71.1. The van der Waals surface area contributed by atoms with Gasteiger partial charge in [0.15, 0.2) is 5.76 Å². The number of nitrogens with two attached hydrogens (primary N) is 1. The summed E-state index contributed by atoms with van der Waals surface area (Å²) in [6, 6.07) is 70.1. The topological polar surface area (TPSA) is 215 Å². The number of furan rings is 1. The Morgan fingerprint density at radius 1 is 0.495 bits per heavy atom. The first-order valence-corrected chi connectivity index (χ1v) is 33.9. The highest BCUT2D eigenvalue weighted by atomic mass is 35.5. The molecule has 17 rings (SSSR count). The molecule has 0 spiro atoms. The SMILES string of the molecule is CC(C)(C)OC(=O)n1nc(-c2ccc3ccccc3c2)c2cc(CO)ccc21.COCn1nc(-c2cccc(F)c2)c2cc(CO)ccc21.Cn1nc(-c2cc3cc(F)ccc3o2)c2cc(N)ccc21.Cn1nc(-c2cccc(F)c2)c2cc(CCl)ccc21.Fc1cccc(-c2n[nH]c3ccccc23)c1. The number of para-hydroxylation sites is 1. The Morgan fingerprint density at radius 3 is 1.66 bits per heavy atom. The number of nitrogen functional groups attached to an aromatic ring is 1. The molecular formula is C83H70ClF4N11O6. The predicted molar refractivity (Wildman–Crippen MR) is 406 cm³/mol. The molecule has 528 valence electrons. The van der Waals surface area contributed by atoms with Gasteiger partial charge in [0.2, 0.25) is 0 Å². The summed E-state index contributed by atoms with van der Waals surface area (Å²) in [5.41, 5.74) is 20.4. The molecule has 0 saturated carbocycles. The van der Waals surface area contributed by atoms with Gasteiger partial charge in [-0.05, 0) is 176 Å². The van der Waals surface area contributed by atoms with Gasteiger partial charge in [0, 0.05) is 87.3 Å². The molecule has 5 N–H and O–H groups in total. The molecule has 0 unspecified atom stereocenters. The van der Waals surface area contributed by atoms with Gasteiger partial charge in [-0.15, -0.1) is 11.6 Å². The van der Waals surface area contributed by atoms with Gasteiger partial charge >= 0.3 is 6.09 Å². The van der Waals surface area contributed by atoms with Crippen LogP contribution in [-0.4, -0.2) is 78.3 Å². The number of alkyl halides is 1. The molecule has 0 aliphatic carbocycles. The van der Waals surface area contributed by atoms with Crippen LogP contribution in [0.25, 0.3) is 133 Å². The fourth-order valence-electron chi connectivity index (χ4n) is 12.3. The molecule has 6 aromatic heterocycles. The molecule has 0 atom stereocenters. The second kappa shape index (κ2) is 30.7. The van der Waals surface area contributed by atoms with Crippen LogP contribution < -0.4 is 5.73 Å². The van der Waals surface area contributed by atoms with Crippen LogP contribution in [0.4, 0.5) is 28.0 Å². The maximum Gasteiger partial charge on any atom is 0.435 e. The van der Waals surface area contributed by atoms with Crippen molar-refractivity contribution in [1.82, 2.24) is 49.3 Å². The number of aromatic nitrogens is 10. The standard InChI is InChI=1S/C23H22N2O3.C16H12FN3O.C16H15FN2O2.C15H12ClFN2.C13H9FN2/c1-23(2,3)28-22(27)25-20-11-8-15(14-26)12-19(20)21(24-25)18-10-9-16-6-4-5-7-17(16)13-18;1-20-13-4-3-11(18)8-12(13)16(19-20)15-7-9-6-10(17)2-5-14(9)21-15;1-21-10-19-15-6-5-11(9-20)7-14(15)16(18-19)12-3-2-4-13(17)8-12;1-19-14-6-5-10(9-16)7-13(14)15(18-19)11-3-2-4-12(17)8-11;14-10-5-3-4-9(8-10)13-11-6-1-2-7-12(11)15-16-13/h4-13,26H,14H2,1-3H3;2-8H,18H2,1H3;2-8,20H,9-10H2,1H3;2-8H,9H2,1H3;1-8H,(H,15,16). The number of fused-ring (bicyclic) bond motifs is 7. The summed E-state index contributed by atoms with van der Waals surface area (Å²) in [6.07, 6.45) is -0.527. The van der Waals surface area contributed by atoms with E-state index in [1.54, 1.807) is 63.6 Å². The molecule has 17 aromatic rings. The fourth-order valence-corrected chi connectivity index (χ4v) is 12.5. The number of benzene rings is 11. The summed E-state index contributed by atoms with van der Waals surface area (Å²) in [6.45, 7) is 5.66. The number of halogens is 5. The Balaban J connectivity index is 0.000000118. The lowest BCUT2D eigenvalue weighted by Crippen LogP contribution is -2.27. The van der Waals surface area contributed by atoms with Crippen molar-refractivity contribution in [1.29, 1.82) is 0 Å². The van der Waals surface area contributed by atoms with Gasteiger partial charge in [0.25, 0.3) is 0 Å². The quantitative estimate of drug-likeness (QED) is 0.0572. The molecule has 22 heteroatoms. The Labute approximate surface area is 604 Å². The van der Waals surface area contributed by atoms with E-state index in [0.717, 1.165) is 105 Å². The van der Waals surface area contributed by atoms with E-state index in [2.05, 4.69) is 42.7 Å². The van der Waals surface area contributed by atoms with Gasteiger partial charge in [-0.3, -0.25) is 14.5 Å². The summed E-state index contributed by atoms with van der Waals surface area (Å²) >= 11 is 5.87. The molecule has 0 saturated heterocycles. The largest absolute Gasteiger partial charge is 0.454 e. The van der Waals surface area contributed by atoms with Crippen molar-refractivity contribution in [3.8, 4) is 56.5 Å². The maximum absolute atomic E-state index is 13.5. The number of rotatable bonds is 10. The second-order valence-corrected chi connectivity index (χ2v) is 26.0. The number of carbonyl (C=O) groups excluding carboxylic acids is 1. The maximum atomic E-state index is 13.5. The van der Waals surface area contributed by atoms with E-state index in [4.69, 9.17) is 31.2 Å². The predicted octanol–water partition coefficient (Wildman–Crippen LogP) is 19.3. The molecule has 17 nitrogen and oxygen atoms in total. The smallest absolute Gasteiger partial charge is 0.435 e. The summed E-state index contributed by atoms with van der Waals surface area (Å²) < 4.78 is 76.2. The van der Waals surface area contributed by atoms with E-state index in [9.17, 15) is 32.6 Å². The fraction of sp³-hybridized carbons (Fsp3) is 0.133. The summed E-state index contributed by atoms with van der Waals surface area (Å²) in [5, 5.41) is 51.6. The third-order valence-electron chi connectivity index (χ3n) is 17.2. The first-order chi connectivity index (χ1) is 50.7. The normalized spacial score (nSPS) is 11.4. The second-order valence-electron chi connectivity index (χ2n) is 25.7. The monoisotopic (exact) mass is 1430 g/mol. The average molecular weight is 1430 g/mol. The van der Waals surface area contributed by atoms with Gasteiger partial charge in [-0.25, -0.2) is 27.0 Å². The van der Waals surface area contributed by atoms with Gasteiger partial charge in [-0.2, -0.15) is 30.2 Å². The van der Waals surface area contributed by atoms with Crippen molar-refractivity contribution in [2.24, 2.45) is 14.1 Å². The van der Waals surface area contributed by atoms with Crippen LogP contribution in [0.2, 0.25) is 0 Å². The highest BCUT2D eigenvalue weighted by molar-refractivity contribution is 6.17. The van der Waals surface area contributed by atoms with E-state index < -0.39 is 11.7 Å². The number of aliphatic hydroxyl groups is 2. The number of methoxy groups -OCH3 is 1. The number of carbonyl (C=O) groups is 1. The van der Waals surface area contributed by atoms with Crippen molar-refractivity contribution in [3.05, 3.63) is 277 Å². The van der Waals surface area contributed by atoms with Crippen molar-refractivity contribution >= 4 is 99.6 Å². The van der Waals surface area contributed by atoms with E-state index >= 15 is 0 Å². The Bertz CT molecular complexity index is 6030. The number of aromatic amines is 1. The number of aliphatic hydroxyl groups excluding tert-OH is 2. The van der Waals surface area contributed by atoms with Gasteiger partial charge in [0.05, 0.1) is 46.5 Å². The molecule has 0 aliphatic rings. The summed E-state index contributed by atoms with van der Waals surface area (Å²) in [4.78, 5) is 12.7. The van der Waals surface area contributed by atoms with Crippen molar-refractivity contribution < 1.29 is 46.5 Å². The van der Waals surface area contributed by atoms with E-state index in [1.807, 2.05) is 168 Å². The molecule has 0 aliphatic heterocycles. The van der Waals surface area contributed by atoms with E-state index in [1.165, 1.54) is 53.2 Å². The number of H-pyrrole nitrogens is 1. The first-order valence-electron chi connectivity index (χ1n) is 33.3. The number of nitrogens with one attached hydrogen (secondary N) is 1. The molecule has 0 amide bonds. The Hall–Kier alpha value is -12.3. The van der Waals surface area contributed by atoms with Crippen LogP contribution in [-0.2, 0) is 49.4 Å². The van der Waals surface area contributed by atoms with Crippen LogP contribution in [0.1, 0.15) is 37.5 Å². The number of hydrogen-bond donors (Lipinski definition) is 4. The van der Waals surface area contributed by atoms with Crippen LogP contribution in [0, 0.1) is 23.3 Å². The number of anilines is 1. The molecule has 0 fully saturated rings. The van der Waals surface area contributed by atoms with Crippen LogP contribution in [0.3, 0.4) is 0 Å². The lowest BCUT2D eigenvalue weighted by Gasteiger charge is -2.19. The summed E-state index contributed by atoms with van der Waals surface area (Å²) in [5.74, 6) is -0.0423. The molecule has 11 aromatic carbocycles. The molecule has 105 heavy (non-hydrogen) atoms. The zero-order valence-corrected chi connectivity index (χ0v) is 58.6. The summed E-state index contributed by atoms with van der Waals surface area (Å²) in [7, 11) is 5.34. The van der Waals surface area contributed by atoms with Crippen molar-refractivity contribution in [3.63, 3.8) is 0 Å². The Kier molecular flexibility index (Phi) is 20.8.